The Morgan fingerprint density at radius 1 is 0.920 bits per heavy atom. The van der Waals surface area contributed by atoms with Crippen molar-refractivity contribution in [2.24, 2.45) is 5.92 Å². The molecule has 0 spiro atoms. The molecule has 2 N–H and O–H groups in total. The van der Waals surface area contributed by atoms with Crippen LogP contribution in [0.2, 0.25) is 0 Å². The molecular formula is C36H38FN5O8. The average Bonchev–Trinajstić information content (AvgIpc) is 3.86. The third kappa shape index (κ3) is 5.71. The van der Waals surface area contributed by atoms with E-state index < -0.39 is 40.2 Å². The molecule has 262 valence electrons. The SMILES string of the molecule is CC[C@H](C)[C@H](NC(=O)c1cn(CC)c2cc3c(cc2c1=O)OCO3)C(=O)N1CCN(c2cc3c(cc2F)c(=O)c(C(=O)O)cn3C2CC2)CC1. The lowest BCUT2D eigenvalue weighted by molar-refractivity contribution is -0.134. The van der Waals surface area contributed by atoms with Crippen LogP contribution >= 0.6 is 0 Å². The number of carbonyl (C=O) groups is 3. The Labute approximate surface area is 285 Å². The zero-order valence-electron chi connectivity index (χ0n) is 28.0. The first-order valence-corrected chi connectivity index (χ1v) is 16.9. The number of amides is 2. The zero-order chi connectivity index (χ0) is 35.4. The van der Waals surface area contributed by atoms with E-state index in [9.17, 15) is 29.1 Å². The molecule has 7 rings (SSSR count). The number of aromatic carboxylic acids is 1. The molecule has 13 nitrogen and oxygen atoms in total. The highest BCUT2D eigenvalue weighted by Gasteiger charge is 2.34. The van der Waals surface area contributed by atoms with Crippen molar-refractivity contribution >= 4 is 45.3 Å². The van der Waals surface area contributed by atoms with Gasteiger partial charge in [-0.1, -0.05) is 20.3 Å². The van der Waals surface area contributed by atoms with Gasteiger partial charge in [-0.2, -0.15) is 0 Å². The van der Waals surface area contributed by atoms with Gasteiger partial charge in [0, 0.05) is 62.6 Å². The van der Waals surface area contributed by atoms with E-state index in [0.29, 0.717) is 40.9 Å². The maximum atomic E-state index is 15.5. The second kappa shape index (κ2) is 12.8. The number of fused-ring (bicyclic) bond motifs is 3. The summed E-state index contributed by atoms with van der Waals surface area (Å²) in [5, 5.41) is 12.7. The Bertz CT molecular complexity index is 2180. The van der Waals surface area contributed by atoms with Crippen molar-refractivity contribution < 1.29 is 33.4 Å². The number of hydrogen-bond acceptors (Lipinski definition) is 8. The van der Waals surface area contributed by atoms with Crippen LogP contribution in [-0.2, 0) is 11.3 Å². The van der Waals surface area contributed by atoms with E-state index >= 15 is 4.39 Å². The van der Waals surface area contributed by atoms with E-state index in [1.165, 1.54) is 12.4 Å². The highest BCUT2D eigenvalue weighted by atomic mass is 19.1. The Morgan fingerprint density at radius 3 is 2.22 bits per heavy atom. The number of rotatable bonds is 9. The first-order chi connectivity index (χ1) is 24.0. The minimum Gasteiger partial charge on any atom is -0.477 e. The van der Waals surface area contributed by atoms with Gasteiger partial charge in [0.25, 0.3) is 5.91 Å². The average molecular weight is 688 g/mol. The molecule has 14 heteroatoms. The fraction of sp³-hybridized carbons (Fsp3) is 0.417. The van der Waals surface area contributed by atoms with Crippen molar-refractivity contribution in [2.75, 3.05) is 37.9 Å². The van der Waals surface area contributed by atoms with Gasteiger partial charge in [0.2, 0.25) is 23.6 Å². The summed E-state index contributed by atoms with van der Waals surface area (Å²) < 4.78 is 30.0. The van der Waals surface area contributed by atoms with Crippen molar-refractivity contribution in [2.45, 2.75) is 58.7 Å². The molecule has 4 heterocycles. The number of hydrogen-bond donors (Lipinski definition) is 2. The van der Waals surface area contributed by atoms with Gasteiger partial charge in [-0.3, -0.25) is 19.2 Å². The number of halogens is 1. The lowest BCUT2D eigenvalue weighted by Gasteiger charge is -2.38. The first-order valence-electron chi connectivity index (χ1n) is 16.9. The summed E-state index contributed by atoms with van der Waals surface area (Å²) in [5.41, 5.74) is -0.347. The number of aromatic nitrogens is 2. The highest BCUT2D eigenvalue weighted by Crippen LogP contribution is 2.38. The van der Waals surface area contributed by atoms with Gasteiger partial charge in [0.1, 0.15) is 23.0 Å². The van der Waals surface area contributed by atoms with Crippen molar-refractivity contribution in [3.8, 4) is 11.5 Å². The molecule has 1 saturated carbocycles. The molecule has 50 heavy (non-hydrogen) atoms. The normalized spacial score (nSPS) is 16.9. The van der Waals surface area contributed by atoms with Gasteiger partial charge in [-0.25, -0.2) is 9.18 Å². The Balaban J connectivity index is 1.11. The third-order valence-corrected chi connectivity index (χ3v) is 10.1. The fourth-order valence-electron chi connectivity index (χ4n) is 6.88. The topological polar surface area (TPSA) is 152 Å². The molecular weight excluding hydrogens is 649 g/mol. The van der Waals surface area contributed by atoms with Crippen molar-refractivity contribution in [1.82, 2.24) is 19.4 Å². The molecule has 3 aliphatic rings. The maximum absolute atomic E-state index is 15.5. The van der Waals surface area contributed by atoms with Gasteiger partial charge < -0.3 is 38.8 Å². The molecule has 4 aromatic rings. The third-order valence-electron chi connectivity index (χ3n) is 10.1. The number of piperazine rings is 1. The predicted molar refractivity (Wildman–Crippen MR) is 183 cm³/mol. The first kappa shape index (κ1) is 33.1. The van der Waals surface area contributed by atoms with Crippen molar-refractivity contribution in [3.05, 3.63) is 74.0 Å². The molecule has 2 aromatic carbocycles. The van der Waals surface area contributed by atoms with Crippen LogP contribution in [0.15, 0.2) is 46.2 Å². The molecule has 0 bridgehead atoms. The summed E-state index contributed by atoms with van der Waals surface area (Å²) in [6.07, 6.45) is 5.10. The van der Waals surface area contributed by atoms with Crippen LogP contribution in [-0.4, -0.2) is 75.9 Å². The summed E-state index contributed by atoms with van der Waals surface area (Å²) in [7, 11) is 0. The standard InChI is InChI=1S/C36H38FN5O8/c1-4-19(3)31(38-34(45)23-16-39(5-2)26-15-30-29(49-18-50-30)13-22(26)32(23)43)35(46)41-10-8-40(9-11-41)28-14-27-21(12-25(28)37)33(44)24(36(47)48)17-42(27)20-6-7-20/h12-17,19-20,31H,4-11,18H2,1-3H3,(H,38,45)(H,47,48)/t19-,31-/m0/s1. The summed E-state index contributed by atoms with van der Waals surface area (Å²) >= 11 is 0. The van der Waals surface area contributed by atoms with Crippen molar-refractivity contribution in [3.63, 3.8) is 0 Å². The van der Waals surface area contributed by atoms with E-state index in [1.54, 1.807) is 37.1 Å². The molecule has 2 amide bonds. The van der Waals surface area contributed by atoms with E-state index in [-0.39, 0.29) is 67.5 Å². The van der Waals surface area contributed by atoms with Crippen LogP contribution in [0.4, 0.5) is 10.1 Å². The summed E-state index contributed by atoms with van der Waals surface area (Å²) in [6.45, 7) is 7.28. The van der Waals surface area contributed by atoms with E-state index in [4.69, 9.17) is 9.47 Å². The van der Waals surface area contributed by atoms with Crippen LogP contribution in [0.5, 0.6) is 11.5 Å². The van der Waals surface area contributed by atoms with Crippen molar-refractivity contribution in [1.29, 1.82) is 0 Å². The molecule has 2 aliphatic heterocycles. The molecule has 0 radical (unpaired) electrons. The second-order valence-corrected chi connectivity index (χ2v) is 13.2. The quantitative estimate of drug-likeness (QED) is 0.268. The van der Waals surface area contributed by atoms with Crippen LogP contribution < -0.4 is 30.5 Å². The number of nitrogens with zero attached hydrogens (tertiary/aromatic N) is 4. The summed E-state index contributed by atoms with van der Waals surface area (Å²) in [5.74, 6) is -2.26. The Hall–Kier alpha value is -5.40. The molecule has 2 atom stereocenters. The number of pyridine rings is 2. The number of carboxylic acids is 1. The number of carboxylic acid groups (broad SMARTS) is 1. The van der Waals surface area contributed by atoms with Crippen LogP contribution in [0.25, 0.3) is 21.8 Å². The number of aryl methyl sites for hydroxylation is 1. The van der Waals surface area contributed by atoms with E-state index in [2.05, 4.69) is 5.32 Å². The fourth-order valence-corrected chi connectivity index (χ4v) is 6.88. The summed E-state index contributed by atoms with van der Waals surface area (Å²) in [6, 6.07) is 5.14. The van der Waals surface area contributed by atoms with Crippen LogP contribution in [0.3, 0.4) is 0 Å². The molecule has 2 fully saturated rings. The largest absolute Gasteiger partial charge is 0.477 e. The van der Waals surface area contributed by atoms with E-state index in [0.717, 1.165) is 18.9 Å². The molecule has 1 saturated heterocycles. The molecule has 2 aromatic heterocycles. The predicted octanol–water partition coefficient (Wildman–Crippen LogP) is 3.73. The smallest absolute Gasteiger partial charge is 0.341 e. The lowest BCUT2D eigenvalue weighted by atomic mass is 9.97. The maximum Gasteiger partial charge on any atom is 0.341 e. The van der Waals surface area contributed by atoms with E-state index in [1.807, 2.05) is 20.8 Å². The molecule has 0 unspecified atom stereocenters. The second-order valence-electron chi connectivity index (χ2n) is 13.2. The van der Waals surface area contributed by atoms with Gasteiger partial charge in [-0.15, -0.1) is 0 Å². The Kier molecular flexibility index (Phi) is 8.48. The number of ether oxygens (including phenoxy) is 2. The van der Waals surface area contributed by atoms with Crippen LogP contribution in [0, 0.1) is 11.7 Å². The van der Waals surface area contributed by atoms with Gasteiger partial charge in [-0.05, 0) is 43.9 Å². The Morgan fingerprint density at radius 2 is 1.58 bits per heavy atom. The molecule has 1 aliphatic carbocycles. The lowest BCUT2D eigenvalue weighted by Crippen LogP contribution is -2.57. The van der Waals surface area contributed by atoms with Gasteiger partial charge in [0.05, 0.1) is 22.1 Å². The highest BCUT2D eigenvalue weighted by molar-refractivity contribution is 6.00. The van der Waals surface area contributed by atoms with Crippen LogP contribution in [0.1, 0.15) is 66.8 Å². The zero-order valence-corrected chi connectivity index (χ0v) is 28.0. The minimum atomic E-state index is -1.35. The van der Waals surface area contributed by atoms with Gasteiger partial charge >= 0.3 is 5.97 Å². The minimum absolute atomic E-state index is 0.0161. The van der Waals surface area contributed by atoms with Gasteiger partial charge in [0.15, 0.2) is 11.5 Å². The number of anilines is 1. The number of nitrogens with one attached hydrogen (secondary N) is 1. The summed E-state index contributed by atoms with van der Waals surface area (Å²) in [4.78, 5) is 69.3. The number of benzene rings is 2. The monoisotopic (exact) mass is 687 g/mol. The number of carbonyl (C=O) groups excluding carboxylic acids is 2.